The number of nitrogens with zero attached hydrogens (tertiary/aromatic N) is 5. The molecule has 1 amide bonds. The Bertz CT molecular complexity index is 1490. The van der Waals surface area contributed by atoms with Crippen molar-refractivity contribution < 1.29 is 4.79 Å². The lowest BCUT2D eigenvalue weighted by Gasteiger charge is -2.09. The number of pyridine rings is 1. The number of hydrogen-bond acceptors (Lipinski definition) is 4. The first-order valence-electron chi connectivity index (χ1n) is 10.1. The van der Waals surface area contributed by atoms with Crippen LogP contribution in [0.5, 0.6) is 0 Å². The standard InChI is InChI=1S/C24H18Cl2N6O/c1-31-12-16(11-27-31)22-10-18(17-7-3-5-9-21(17)28-22)24(33)29-23-20(26)14-32(30-23)13-15-6-2-4-8-19(15)25/h2-12,14H,13H2,1H3,(H,29,30,33). The van der Waals surface area contributed by atoms with Gasteiger partial charge in [-0.15, -0.1) is 0 Å². The van der Waals surface area contributed by atoms with E-state index in [1.807, 2.05) is 61.8 Å². The van der Waals surface area contributed by atoms with Gasteiger partial charge in [0.1, 0.15) is 5.02 Å². The molecule has 3 heterocycles. The number of nitrogens with one attached hydrogen (secondary N) is 1. The van der Waals surface area contributed by atoms with E-state index >= 15 is 0 Å². The van der Waals surface area contributed by atoms with E-state index in [2.05, 4.69) is 15.5 Å². The number of carbonyl (C=O) groups excluding carboxylic acids is 1. The van der Waals surface area contributed by atoms with Crippen LogP contribution in [-0.4, -0.2) is 30.5 Å². The molecule has 2 aromatic carbocycles. The summed E-state index contributed by atoms with van der Waals surface area (Å²) in [7, 11) is 1.83. The minimum absolute atomic E-state index is 0.276. The number of amides is 1. The van der Waals surface area contributed by atoms with Crippen LogP contribution in [0.1, 0.15) is 15.9 Å². The highest BCUT2D eigenvalue weighted by molar-refractivity contribution is 6.33. The largest absolute Gasteiger partial charge is 0.304 e. The van der Waals surface area contributed by atoms with Gasteiger partial charge in [0.2, 0.25) is 0 Å². The summed E-state index contributed by atoms with van der Waals surface area (Å²) in [5.74, 6) is -0.0545. The number of rotatable bonds is 5. The first-order chi connectivity index (χ1) is 16.0. The van der Waals surface area contributed by atoms with E-state index in [4.69, 9.17) is 28.2 Å². The van der Waals surface area contributed by atoms with E-state index in [1.165, 1.54) is 0 Å². The number of halogens is 2. The number of para-hydroxylation sites is 1. The van der Waals surface area contributed by atoms with Gasteiger partial charge in [-0.3, -0.25) is 14.2 Å². The molecule has 0 fully saturated rings. The third-order valence-electron chi connectivity index (χ3n) is 5.20. The predicted octanol–water partition coefficient (Wildman–Crippen LogP) is 5.44. The monoisotopic (exact) mass is 476 g/mol. The van der Waals surface area contributed by atoms with E-state index in [-0.39, 0.29) is 11.7 Å². The smallest absolute Gasteiger partial charge is 0.257 e. The maximum absolute atomic E-state index is 13.3. The average molecular weight is 477 g/mol. The summed E-state index contributed by atoms with van der Waals surface area (Å²) in [6.45, 7) is 0.429. The molecule has 0 unspecified atom stereocenters. The van der Waals surface area contributed by atoms with Gasteiger partial charge in [0.05, 0.1) is 29.5 Å². The number of hydrogen-bond donors (Lipinski definition) is 1. The molecule has 0 aliphatic heterocycles. The van der Waals surface area contributed by atoms with Crippen LogP contribution < -0.4 is 5.32 Å². The van der Waals surface area contributed by atoms with Crippen molar-refractivity contribution in [3.8, 4) is 11.3 Å². The molecule has 1 N–H and O–H groups in total. The van der Waals surface area contributed by atoms with Gasteiger partial charge in [-0.05, 0) is 23.8 Å². The molecule has 5 rings (SSSR count). The van der Waals surface area contributed by atoms with Crippen molar-refractivity contribution in [3.63, 3.8) is 0 Å². The zero-order chi connectivity index (χ0) is 22.9. The Balaban J connectivity index is 1.47. The third-order valence-corrected chi connectivity index (χ3v) is 5.85. The zero-order valence-corrected chi connectivity index (χ0v) is 19.0. The van der Waals surface area contributed by atoms with Crippen molar-refractivity contribution in [1.82, 2.24) is 24.5 Å². The van der Waals surface area contributed by atoms with E-state index in [0.29, 0.717) is 33.4 Å². The molecule has 0 saturated heterocycles. The maximum Gasteiger partial charge on any atom is 0.257 e. The molecule has 0 saturated carbocycles. The maximum atomic E-state index is 13.3. The Labute approximate surface area is 199 Å². The summed E-state index contributed by atoms with van der Waals surface area (Å²) < 4.78 is 3.34. The van der Waals surface area contributed by atoms with Crippen molar-refractivity contribution in [1.29, 1.82) is 0 Å². The van der Waals surface area contributed by atoms with Gasteiger partial charge in [0.15, 0.2) is 5.82 Å². The van der Waals surface area contributed by atoms with Crippen LogP contribution in [0.25, 0.3) is 22.2 Å². The van der Waals surface area contributed by atoms with Gasteiger partial charge in [-0.25, -0.2) is 4.98 Å². The van der Waals surface area contributed by atoms with Crippen molar-refractivity contribution in [2.24, 2.45) is 7.05 Å². The van der Waals surface area contributed by atoms with Crippen LogP contribution in [0.3, 0.4) is 0 Å². The SMILES string of the molecule is Cn1cc(-c2cc(C(=O)Nc3nn(Cc4ccccc4Cl)cc3Cl)c3ccccc3n2)cn1. The van der Waals surface area contributed by atoms with Crippen LogP contribution in [0, 0.1) is 0 Å². The summed E-state index contributed by atoms with van der Waals surface area (Å²) in [6.07, 6.45) is 5.23. The predicted molar refractivity (Wildman–Crippen MR) is 130 cm³/mol. The van der Waals surface area contributed by atoms with Gasteiger partial charge in [-0.2, -0.15) is 10.2 Å². The molecule has 0 spiro atoms. The number of benzene rings is 2. The second-order valence-electron chi connectivity index (χ2n) is 7.54. The molecule has 0 atom stereocenters. The number of aryl methyl sites for hydroxylation is 1. The molecule has 0 radical (unpaired) electrons. The first kappa shape index (κ1) is 21.2. The lowest BCUT2D eigenvalue weighted by atomic mass is 10.0. The lowest BCUT2D eigenvalue weighted by molar-refractivity contribution is 0.102. The molecular formula is C24H18Cl2N6O. The van der Waals surface area contributed by atoms with Crippen molar-refractivity contribution in [2.45, 2.75) is 6.54 Å². The Hall–Kier alpha value is -3.68. The molecule has 33 heavy (non-hydrogen) atoms. The van der Waals surface area contributed by atoms with Crippen LogP contribution in [0.2, 0.25) is 10.0 Å². The molecule has 164 valence electrons. The summed E-state index contributed by atoms with van der Waals surface area (Å²) in [5.41, 5.74) is 3.55. The van der Waals surface area contributed by atoms with E-state index in [1.54, 1.807) is 27.8 Å². The second-order valence-corrected chi connectivity index (χ2v) is 8.36. The Morgan fingerprint density at radius 2 is 1.82 bits per heavy atom. The van der Waals surface area contributed by atoms with E-state index in [0.717, 1.165) is 16.5 Å². The van der Waals surface area contributed by atoms with E-state index in [9.17, 15) is 4.79 Å². The second kappa shape index (κ2) is 8.69. The Kier molecular flexibility index (Phi) is 5.58. The highest BCUT2D eigenvalue weighted by Gasteiger charge is 2.18. The topological polar surface area (TPSA) is 77.6 Å². The van der Waals surface area contributed by atoms with Crippen LogP contribution in [0.15, 0.2) is 73.2 Å². The summed E-state index contributed by atoms with van der Waals surface area (Å²) in [6, 6.07) is 16.8. The fourth-order valence-corrected chi connectivity index (χ4v) is 4.00. The summed E-state index contributed by atoms with van der Waals surface area (Å²) in [5, 5.41) is 13.2. The Morgan fingerprint density at radius 3 is 2.61 bits per heavy atom. The Morgan fingerprint density at radius 1 is 1.03 bits per heavy atom. The van der Waals surface area contributed by atoms with Gasteiger partial charge in [-0.1, -0.05) is 59.6 Å². The van der Waals surface area contributed by atoms with Crippen LogP contribution in [0.4, 0.5) is 5.82 Å². The number of aromatic nitrogens is 5. The highest BCUT2D eigenvalue weighted by atomic mass is 35.5. The van der Waals surface area contributed by atoms with E-state index < -0.39 is 0 Å². The van der Waals surface area contributed by atoms with Crippen LogP contribution >= 0.6 is 23.2 Å². The fraction of sp³-hybridized carbons (Fsp3) is 0.0833. The van der Waals surface area contributed by atoms with Crippen molar-refractivity contribution in [2.75, 3.05) is 5.32 Å². The lowest BCUT2D eigenvalue weighted by Crippen LogP contribution is -2.14. The number of fused-ring (bicyclic) bond motifs is 1. The molecule has 0 aliphatic rings. The number of carbonyl (C=O) groups is 1. The number of anilines is 1. The van der Waals surface area contributed by atoms with Gasteiger partial charge in [0, 0.05) is 35.4 Å². The fourth-order valence-electron chi connectivity index (χ4n) is 3.60. The minimum atomic E-state index is -0.330. The van der Waals surface area contributed by atoms with Crippen LogP contribution in [-0.2, 0) is 13.6 Å². The quantitative estimate of drug-likeness (QED) is 0.366. The molecule has 7 nitrogen and oxygen atoms in total. The van der Waals surface area contributed by atoms with Gasteiger partial charge < -0.3 is 5.32 Å². The molecule has 0 bridgehead atoms. The first-order valence-corrected chi connectivity index (χ1v) is 10.9. The summed E-state index contributed by atoms with van der Waals surface area (Å²) in [4.78, 5) is 18.0. The molecule has 3 aromatic heterocycles. The van der Waals surface area contributed by atoms with Gasteiger partial charge >= 0.3 is 0 Å². The zero-order valence-electron chi connectivity index (χ0n) is 17.5. The minimum Gasteiger partial charge on any atom is -0.304 e. The molecule has 9 heteroatoms. The molecule has 5 aromatic rings. The molecule has 0 aliphatic carbocycles. The average Bonchev–Trinajstić information content (AvgIpc) is 3.39. The van der Waals surface area contributed by atoms with Crippen molar-refractivity contribution >= 4 is 45.8 Å². The normalized spacial score (nSPS) is 11.1. The summed E-state index contributed by atoms with van der Waals surface area (Å²) >= 11 is 12.6. The molecular weight excluding hydrogens is 459 g/mol. The van der Waals surface area contributed by atoms with Gasteiger partial charge in [0.25, 0.3) is 5.91 Å². The highest BCUT2D eigenvalue weighted by Crippen LogP contribution is 2.27. The van der Waals surface area contributed by atoms with Crippen molar-refractivity contribution in [3.05, 3.63) is 94.4 Å². The third kappa shape index (κ3) is 4.33.